The molecule has 0 aliphatic heterocycles. The summed E-state index contributed by atoms with van der Waals surface area (Å²) in [5, 5.41) is 9.93. The van der Waals surface area contributed by atoms with Crippen molar-refractivity contribution in [1.29, 1.82) is 0 Å². The van der Waals surface area contributed by atoms with Crippen molar-refractivity contribution in [3.8, 4) is 22.9 Å². The lowest BCUT2D eigenvalue weighted by atomic mass is 10.2. The highest BCUT2D eigenvalue weighted by atomic mass is 16.7. The average Bonchev–Trinajstić information content (AvgIpc) is 2.45. The highest BCUT2D eigenvalue weighted by molar-refractivity contribution is 5.64. The second kappa shape index (κ2) is 6.65. The summed E-state index contributed by atoms with van der Waals surface area (Å²) >= 11 is 0. The molecule has 0 saturated heterocycles. The molecule has 2 rings (SSSR count). The van der Waals surface area contributed by atoms with Gasteiger partial charge in [0.25, 0.3) is 0 Å². The van der Waals surface area contributed by atoms with Crippen LogP contribution in [0.15, 0.2) is 30.9 Å². The Kier molecular flexibility index (Phi) is 4.63. The van der Waals surface area contributed by atoms with E-state index in [0.29, 0.717) is 23.7 Å². The van der Waals surface area contributed by atoms with E-state index in [1.54, 1.807) is 12.1 Å². The standard InChI is InChI=1S/C13H15N3O3/c1-2-5-18-9-19-10-3-4-11(12(17)6-10)13-15-7-14-8-16-13/h3-4,6-8,17H,2,5,9H2,1H3. The van der Waals surface area contributed by atoms with E-state index in [1.165, 1.54) is 18.7 Å². The van der Waals surface area contributed by atoms with Crippen LogP contribution in [0.5, 0.6) is 11.5 Å². The third-order valence-corrected chi connectivity index (χ3v) is 2.36. The molecule has 0 unspecified atom stereocenters. The molecule has 1 heterocycles. The number of hydrogen-bond acceptors (Lipinski definition) is 6. The second-order valence-corrected chi connectivity index (χ2v) is 3.81. The van der Waals surface area contributed by atoms with Crippen molar-refractivity contribution in [1.82, 2.24) is 15.0 Å². The van der Waals surface area contributed by atoms with Gasteiger partial charge in [-0.15, -0.1) is 0 Å². The van der Waals surface area contributed by atoms with Gasteiger partial charge in [0, 0.05) is 6.07 Å². The molecule has 0 bridgehead atoms. The monoisotopic (exact) mass is 261 g/mol. The van der Waals surface area contributed by atoms with Crippen LogP contribution in [0.1, 0.15) is 13.3 Å². The van der Waals surface area contributed by atoms with E-state index in [9.17, 15) is 5.11 Å². The Hall–Kier alpha value is -2.21. The number of ether oxygens (including phenoxy) is 2. The number of aromatic hydroxyl groups is 1. The molecule has 0 spiro atoms. The zero-order chi connectivity index (χ0) is 13.5. The van der Waals surface area contributed by atoms with E-state index < -0.39 is 0 Å². The molecule has 0 amide bonds. The van der Waals surface area contributed by atoms with Crippen LogP contribution < -0.4 is 4.74 Å². The van der Waals surface area contributed by atoms with Crippen molar-refractivity contribution in [2.24, 2.45) is 0 Å². The molecule has 0 aliphatic carbocycles. The van der Waals surface area contributed by atoms with Crippen molar-refractivity contribution in [2.75, 3.05) is 13.4 Å². The van der Waals surface area contributed by atoms with Crippen LogP contribution in [0.4, 0.5) is 0 Å². The Balaban J connectivity index is 2.05. The van der Waals surface area contributed by atoms with Crippen molar-refractivity contribution < 1.29 is 14.6 Å². The minimum absolute atomic E-state index is 0.0548. The van der Waals surface area contributed by atoms with E-state index in [0.717, 1.165) is 6.42 Å². The van der Waals surface area contributed by atoms with Gasteiger partial charge in [0.2, 0.25) is 0 Å². The summed E-state index contributed by atoms with van der Waals surface area (Å²) in [5.41, 5.74) is 0.532. The molecule has 0 fully saturated rings. The lowest BCUT2D eigenvalue weighted by Crippen LogP contribution is -2.03. The average molecular weight is 261 g/mol. The molecule has 6 heteroatoms. The van der Waals surface area contributed by atoms with Gasteiger partial charge in [-0.3, -0.25) is 0 Å². The lowest BCUT2D eigenvalue weighted by molar-refractivity contribution is 0.0156. The van der Waals surface area contributed by atoms with E-state index in [1.807, 2.05) is 6.92 Å². The summed E-state index contributed by atoms with van der Waals surface area (Å²) in [6, 6.07) is 4.93. The van der Waals surface area contributed by atoms with Gasteiger partial charge in [-0.1, -0.05) is 6.92 Å². The number of phenols is 1. The molecule has 1 aromatic carbocycles. The van der Waals surface area contributed by atoms with Gasteiger partial charge in [-0.05, 0) is 18.6 Å². The van der Waals surface area contributed by atoms with E-state index >= 15 is 0 Å². The molecule has 0 radical (unpaired) electrons. The maximum Gasteiger partial charge on any atom is 0.189 e. The number of nitrogens with zero attached hydrogens (tertiary/aromatic N) is 3. The first-order valence-corrected chi connectivity index (χ1v) is 5.97. The summed E-state index contributed by atoms with van der Waals surface area (Å²) < 4.78 is 10.5. The van der Waals surface area contributed by atoms with Crippen molar-refractivity contribution in [3.05, 3.63) is 30.9 Å². The lowest BCUT2D eigenvalue weighted by Gasteiger charge is -2.08. The first kappa shape index (κ1) is 13.2. The largest absolute Gasteiger partial charge is 0.507 e. The maximum absolute atomic E-state index is 9.93. The smallest absolute Gasteiger partial charge is 0.189 e. The number of aromatic nitrogens is 3. The summed E-state index contributed by atoms with van der Waals surface area (Å²) in [5.74, 6) is 1.01. The number of phenolic OH excluding ortho intramolecular Hbond substituents is 1. The van der Waals surface area contributed by atoms with Gasteiger partial charge in [-0.25, -0.2) is 15.0 Å². The molecule has 0 saturated carbocycles. The zero-order valence-corrected chi connectivity index (χ0v) is 10.6. The normalized spacial score (nSPS) is 10.4. The van der Waals surface area contributed by atoms with Gasteiger partial charge in [-0.2, -0.15) is 0 Å². The number of hydrogen-bond donors (Lipinski definition) is 1. The fourth-order valence-corrected chi connectivity index (χ4v) is 1.48. The van der Waals surface area contributed by atoms with Crippen LogP contribution >= 0.6 is 0 Å². The summed E-state index contributed by atoms with van der Waals surface area (Å²) in [6.07, 6.45) is 3.70. The Labute approximate surface area is 111 Å². The zero-order valence-electron chi connectivity index (χ0n) is 10.6. The summed E-state index contributed by atoms with van der Waals surface area (Å²) in [4.78, 5) is 11.7. The number of rotatable bonds is 6. The van der Waals surface area contributed by atoms with E-state index in [-0.39, 0.29) is 12.5 Å². The van der Waals surface area contributed by atoms with Gasteiger partial charge >= 0.3 is 0 Å². The second-order valence-electron chi connectivity index (χ2n) is 3.81. The molecule has 100 valence electrons. The Morgan fingerprint density at radius 2 is 2.00 bits per heavy atom. The van der Waals surface area contributed by atoms with Crippen molar-refractivity contribution >= 4 is 0 Å². The van der Waals surface area contributed by atoms with Crippen LogP contribution in [0, 0.1) is 0 Å². The summed E-state index contributed by atoms with van der Waals surface area (Å²) in [7, 11) is 0. The Bertz CT molecular complexity index is 520. The molecular formula is C13H15N3O3. The third-order valence-electron chi connectivity index (χ3n) is 2.36. The van der Waals surface area contributed by atoms with Crippen LogP contribution in [-0.4, -0.2) is 33.5 Å². The van der Waals surface area contributed by atoms with Crippen molar-refractivity contribution in [2.45, 2.75) is 13.3 Å². The van der Waals surface area contributed by atoms with E-state index in [2.05, 4.69) is 15.0 Å². The predicted octanol–water partition coefficient (Wildman–Crippen LogP) is 2.01. The minimum Gasteiger partial charge on any atom is -0.507 e. The van der Waals surface area contributed by atoms with Crippen LogP contribution in [0.3, 0.4) is 0 Å². The van der Waals surface area contributed by atoms with Gasteiger partial charge < -0.3 is 14.6 Å². The minimum atomic E-state index is 0.0548. The maximum atomic E-state index is 9.93. The number of benzene rings is 1. The topological polar surface area (TPSA) is 77.4 Å². The van der Waals surface area contributed by atoms with Gasteiger partial charge in [0.15, 0.2) is 12.6 Å². The van der Waals surface area contributed by atoms with Crippen LogP contribution in [0.2, 0.25) is 0 Å². The summed E-state index contributed by atoms with van der Waals surface area (Å²) in [6.45, 7) is 2.84. The Morgan fingerprint density at radius 1 is 1.21 bits per heavy atom. The third kappa shape index (κ3) is 3.62. The fraction of sp³-hybridized carbons (Fsp3) is 0.308. The molecule has 6 nitrogen and oxygen atoms in total. The fourth-order valence-electron chi connectivity index (χ4n) is 1.48. The highest BCUT2D eigenvalue weighted by Gasteiger charge is 2.08. The first-order valence-electron chi connectivity index (χ1n) is 5.97. The molecule has 1 aromatic heterocycles. The highest BCUT2D eigenvalue weighted by Crippen LogP contribution is 2.29. The van der Waals surface area contributed by atoms with E-state index in [4.69, 9.17) is 9.47 Å². The SMILES string of the molecule is CCCOCOc1ccc(-c2ncncn2)c(O)c1. The molecule has 0 aliphatic rings. The molecule has 1 N–H and O–H groups in total. The van der Waals surface area contributed by atoms with Crippen LogP contribution in [0.25, 0.3) is 11.4 Å². The molecule has 2 aromatic rings. The Morgan fingerprint density at radius 3 is 2.68 bits per heavy atom. The molecule has 19 heavy (non-hydrogen) atoms. The quantitative estimate of drug-likeness (QED) is 0.633. The van der Waals surface area contributed by atoms with Gasteiger partial charge in [0.1, 0.15) is 24.2 Å². The predicted molar refractivity (Wildman–Crippen MR) is 68.7 cm³/mol. The first-order chi connectivity index (χ1) is 9.31. The van der Waals surface area contributed by atoms with Crippen molar-refractivity contribution in [3.63, 3.8) is 0 Å². The molecule has 0 atom stereocenters. The van der Waals surface area contributed by atoms with Gasteiger partial charge in [0.05, 0.1) is 12.2 Å². The van der Waals surface area contributed by atoms with Crippen LogP contribution in [-0.2, 0) is 4.74 Å². The molecular weight excluding hydrogens is 246 g/mol.